The molecule has 0 rings (SSSR count). The van der Waals surface area contributed by atoms with Crippen LogP contribution in [0.2, 0.25) is 0 Å². The zero-order valence-corrected chi connectivity index (χ0v) is 8.12. The standard InChI is InChI=1S/C9H17NO3/c1-9(10,8(12)13-2)6-4-3-5-7-11/h3-4,11H,5-7,10H2,1-2H3/b4-3+. The Morgan fingerprint density at radius 2 is 2.23 bits per heavy atom. The molecule has 0 aliphatic heterocycles. The molecule has 0 bridgehead atoms. The minimum Gasteiger partial charge on any atom is -0.468 e. The van der Waals surface area contributed by atoms with Crippen LogP contribution in [0.4, 0.5) is 0 Å². The van der Waals surface area contributed by atoms with Gasteiger partial charge in [0.15, 0.2) is 0 Å². The lowest BCUT2D eigenvalue weighted by atomic mass is 9.99. The number of esters is 1. The van der Waals surface area contributed by atoms with Crippen LogP contribution in [0.1, 0.15) is 19.8 Å². The summed E-state index contributed by atoms with van der Waals surface area (Å²) < 4.78 is 4.52. The number of aliphatic hydroxyl groups is 1. The van der Waals surface area contributed by atoms with Gasteiger partial charge in [-0.25, -0.2) is 0 Å². The molecule has 0 spiro atoms. The molecule has 1 unspecified atom stereocenters. The summed E-state index contributed by atoms with van der Waals surface area (Å²) in [5.74, 6) is -0.429. The Kier molecular flexibility index (Phi) is 5.34. The minimum atomic E-state index is -0.972. The number of carbonyl (C=O) groups excluding carboxylic acids is 1. The number of hydrogen-bond donors (Lipinski definition) is 2. The fraction of sp³-hybridized carbons (Fsp3) is 0.667. The van der Waals surface area contributed by atoms with Gasteiger partial charge in [-0.2, -0.15) is 0 Å². The molecule has 0 fully saturated rings. The molecule has 3 N–H and O–H groups in total. The van der Waals surface area contributed by atoms with Crippen LogP contribution in [0, 0.1) is 0 Å². The van der Waals surface area contributed by atoms with Crippen molar-refractivity contribution in [2.45, 2.75) is 25.3 Å². The van der Waals surface area contributed by atoms with Gasteiger partial charge >= 0.3 is 5.97 Å². The number of carbonyl (C=O) groups is 1. The van der Waals surface area contributed by atoms with E-state index in [1.165, 1.54) is 7.11 Å². The lowest BCUT2D eigenvalue weighted by Crippen LogP contribution is -2.45. The number of ether oxygens (including phenoxy) is 1. The van der Waals surface area contributed by atoms with Crippen molar-refractivity contribution in [1.82, 2.24) is 0 Å². The lowest BCUT2D eigenvalue weighted by Gasteiger charge is -2.18. The summed E-state index contributed by atoms with van der Waals surface area (Å²) in [6.45, 7) is 1.72. The van der Waals surface area contributed by atoms with E-state index in [0.29, 0.717) is 12.8 Å². The van der Waals surface area contributed by atoms with Gasteiger partial charge in [-0.3, -0.25) is 4.79 Å². The number of aliphatic hydroxyl groups excluding tert-OH is 1. The third kappa shape index (κ3) is 4.65. The van der Waals surface area contributed by atoms with E-state index in [1.807, 2.05) is 0 Å². The fourth-order valence-electron chi connectivity index (χ4n) is 0.837. The highest BCUT2D eigenvalue weighted by Gasteiger charge is 2.27. The van der Waals surface area contributed by atoms with Crippen LogP contribution >= 0.6 is 0 Å². The second kappa shape index (κ2) is 5.72. The van der Waals surface area contributed by atoms with E-state index in [1.54, 1.807) is 19.1 Å². The van der Waals surface area contributed by atoms with Crippen molar-refractivity contribution in [2.75, 3.05) is 13.7 Å². The first-order valence-electron chi connectivity index (χ1n) is 4.17. The summed E-state index contributed by atoms with van der Waals surface area (Å²) in [5.41, 5.74) is 4.69. The summed E-state index contributed by atoms with van der Waals surface area (Å²) >= 11 is 0. The van der Waals surface area contributed by atoms with E-state index in [0.717, 1.165) is 0 Å². The Bertz CT molecular complexity index is 187. The molecule has 0 radical (unpaired) electrons. The fourth-order valence-corrected chi connectivity index (χ4v) is 0.837. The predicted octanol–water partition coefficient (Wildman–Crippen LogP) is 0.205. The normalized spacial score (nSPS) is 15.7. The number of hydrogen-bond acceptors (Lipinski definition) is 4. The number of nitrogens with two attached hydrogens (primary N) is 1. The SMILES string of the molecule is COC(=O)C(C)(N)C/C=C/CCO. The molecule has 0 aliphatic rings. The second-order valence-corrected chi connectivity index (χ2v) is 3.10. The highest BCUT2D eigenvalue weighted by atomic mass is 16.5. The Labute approximate surface area is 78.4 Å². The first-order valence-corrected chi connectivity index (χ1v) is 4.17. The summed E-state index contributed by atoms with van der Waals surface area (Å²) in [7, 11) is 1.31. The summed E-state index contributed by atoms with van der Waals surface area (Å²) in [5, 5.41) is 8.48. The van der Waals surface area contributed by atoms with Crippen LogP contribution in [0.3, 0.4) is 0 Å². The van der Waals surface area contributed by atoms with Crippen LogP contribution in [0.25, 0.3) is 0 Å². The van der Waals surface area contributed by atoms with Crippen molar-refractivity contribution < 1.29 is 14.6 Å². The van der Waals surface area contributed by atoms with E-state index in [-0.39, 0.29) is 6.61 Å². The van der Waals surface area contributed by atoms with E-state index in [2.05, 4.69) is 4.74 Å². The monoisotopic (exact) mass is 187 g/mol. The van der Waals surface area contributed by atoms with Crippen LogP contribution < -0.4 is 5.73 Å². The van der Waals surface area contributed by atoms with Crippen LogP contribution in [-0.2, 0) is 9.53 Å². The van der Waals surface area contributed by atoms with Crippen LogP contribution in [0.5, 0.6) is 0 Å². The maximum absolute atomic E-state index is 11.1. The number of rotatable bonds is 5. The summed E-state index contributed by atoms with van der Waals surface area (Å²) in [4.78, 5) is 11.1. The molecule has 0 saturated carbocycles. The van der Waals surface area contributed by atoms with Crippen molar-refractivity contribution >= 4 is 5.97 Å². The van der Waals surface area contributed by atoms with E-state index >= 15 is 0 Å². The van der Waals surface area contributed by atoms with Crippen molar-refractivity contribution in [3.05, 3.63) is 12.2 Å². The predicted molar refractivity (Wildman–Crippen MR) is 50.1 cm³/mol. The first-order chi connectivity index (χ1) is 6.04. The maximum atomic E-state index is 11.1. The summed E-state index contributed by atoms with van der Waals surface area (Å²) in [6, 6.07) is 0. The maximum Gasteiger partial charge on any atom is 0.325 e. The molecular weight excluding hydrogens is 170 g/mol. The zero-order valence-electron chi connectivity index (χ0n) is 8.12. The molecule has 0 saturated heterocycles. The van der Waals surface area contributed by atoms with Crippen molar-refractivity contribution in [2.24, 2.45) is 5.73 Å². The largest absolute Gasteiger partial charge is 0.468 e. The van der Waals surface area contributed by atoms with Crippen LogP contribution in [-0.4, -0.2) is 30.3 Å². The molecule has 4 heteroatoms. The summed E-state index contributed by atoms with van der Waals surface area (Å²) in [6.07, 6.45) is 4.55. The topological polar surface area (TPSA) is 72.5 Å². The lowest BCUT2D eigenvalue weighted by molar-refractivity contribution is -0.146. The molecule has 0 amide bonds. The van der Waals surface area contributed by atoms with Gasteiger partial charge in [-0.05, 0) is 19.8 Å². The van der Waals surface area contributed by atoms with Gasteiger partial charge in [-0.1, -0.05) is 12.2 Å². The van der Waals surface area contributed by atoms with Gasteiger partial charge in [-0.15, -0.1) is 0 Å². The molecule has 4 nitrogen and oxygen atoms in total. The molecule has 0 aromatic rings. The van der Waals surface area contributed by atoms with E-state index in [9.17, 15) is 4.79 Å². The minimum absolute atomic E-state index is 0.107. The molecule has 76 valence electrons. The Morgan fingerprint density at radius 3 is 2.69 bits per heavy atom. The van der Waals surface area contributed by atoms with E-state index < -0.39 is 11.5 Å². The molecule has 1 atom stereocenters. The Hall–Kier alpha value is -0.870. The molecule has 0 aliphatic carbocycles. The Morgan fingerprint density at radius 1 is 1.62 bits per heavy atom. The highest BCUT2D eigenvalue weighted by molar-refractivity contribution is 5.80. The molecule has 13 heavy (non-hydrogen) atoms. The molecule has 0 aromatic heterocycles. The number of methoxy groups -OCH3 is 1. The smallest absolute Gasteiger partial charge is 0.325 e. The van der Waals surface area contributed by atoms with Gasteiger partial charge < -0.3 is 15.6 Å². The zero-order chi connectivity index (χ0) is 10.3. The first kappa shape index (κ1) is 12.1. The molecule has 0 heterocycles. The van der Waals surface area contributed by atoms with E-state index in [4.69, 9.17) is 10.8 Å². The van der Waals surface area contributed by atoms with Gasteiger partial charge in [0.05, 0.1) is 7.11 Å². The van der Waals surface area contributed by atoms with Gasteiger partial charge in [0.2, 0.25) is 0 Å². The van der Waals surface area contributed by atoms with Gasteiger partial charge in [0.25, 0.3) is 0 Å². The molecule has 0 aromatic carbocycles. The quantitative estimate of drug-likeness (QED) is 0.476. The van der Waals surface area contributed by atoms with Gasteiger partial charge in [0.1, 0.15) is 5.54 Å². The highest BCUT2D eigenvalue weighted by Crippen LogP contribution is 2.08. The van der Waals surface area contributed by atoms with Crippen molar-refractivity contribution in [3.63, 3.8) is 0 Å². The van der Waals surface area contributed by atoms with Crippen molar-refractivity contribution in [1.29, 1.82) is 0 Å². The second-order valence-electron chi connectivity index (χ2n) is 3.10. The Balaban J connectivity index is 3.95. The average Bonchev–Trinajstić information content (AvgIpc) is 2.11. The third-order valence-electron chi connectivity index (χ3n) is 1.66. The third-order valence-corrected chi connectivity index (χ3v) is 1.66. The van der Waals surface area contributed by atoms with Gasteiger partial charge in [0, 0.05) is 6.61 Å². The average molecular weight is 187 g/mol. The molecular formula is C9H17NO3. The van der Waals surface area contributed by atoms with Crippen LogP contribution in [0.15, 0.2) is 12.2 Å². The van der Waals surface area contributed by atoms with Crippen molar-refractivity contribution in [3.8, 4) is 0 Å².